The zero-order valence-corrected chi connectivity index (χ0v) is 23.9. The molecule has 4 nitrogen and oxygen atoms in total. The first kappa shape index (κ1) is 27.3. The van der Waals surface area contributed by atoms with Gasteiger partial charge < -0.3 is 14.6 Å². The van der Waals surface area contributed by atoms with Gasteiger partial charge in [0.2, 0.25) is 0 Å². The first-order valence-electron chi connectivity index (χ1n) is 13.6. The molecule has 2 aliphatic heterocycles. The Kier molecular flexibility index (Phi) is 7.05. The predicted octanol–water partition coefficient (Wildman–Crippen LogP) is 7.66. The molecule has 0 amide bonds. The Hall–Kier alpha value is -4.31. The van der Waals surface area contributed by atoms with Gasteiger partial charge in [-0.1, -0.05) is 114 Å². The van der Waals surface area contributed by atoms with Crippen LogP contribution in [0.5, 0.6) is 0 Å². The second-order valence-corrected chi connectivity index (χ2v) is 12.4. The number of Topliss-reactive ketones (excluding diaryl/α,β-unsaturated/α-hetero) is 1. The molecule has 2 aromatic rings. The first-order chi connectivity index (χ1) is 18.9. The van der Waals surface area contributed by atoms with Gasteiger partial charge in [0.1, 0.15) is 23.0 Å². The number of benzene rings is 2. The van der Waals surface area contributed by atoms with Crippen LogP contribution in [0.25, 0.3) is 11.5 Å². The fraction of sp³-hybridized carbons (Fsp3) is 0.250. The van der Waals surface area contributed by atoms with Gasteiger partial charge in [-0.15, -0.1) is 0 Å². The van der Waals surface area contributed by atoms with Gasteiger partial charge in [0.05, 0.1) is 0 Å². The Balaban J connectivity index is 1.50. The highest BCUT2D eigenvalue weighted by Crippen LogP contribution is 2.40. The van der Waals surface area contributed by atoms with Crippen molar-refractivity contribution < 1.29 is 19.4 Å². The molecule has 1 unspecified atom stereocenters. The summed E-state index contributed by atoms with van der Waals surface area (Å²) in [4.78, 5) is 13.3. The second kappa shape index (κ2) is 10.3. The number of allylic oxidation sites excluding steroid dienone is 11. The molecule has 0 fully saturated rings. The number of carbonyl (C=O) groups is 1. The van der Waals surface area contributed by atoms with Gasteiger partial charge in [-0.3, -0.25) is 4.79 Å². The first-order valence-corrected chi connectivity index (χ1v) is 13.6. The monoisotopic (exact) mass is 531 g/mol. The van der Waals surface area contributed by atoms with Crippen molar-refractivity contribution in [1.29, 1.82) is 0 Å². The van der Waals surface area contributed by atoms with Crippen molar-refractivity contribution in [2.24, 2.45) is 16.7 Å². The van der Waals surface area contributed by atoms with Crippen LogP contribution in [-0.2, 0) is 14.3 Å². The van der Waals surface area contributed by atoms with E-state index in [1.165, 1.54) is 0 Å². The van der Waals surface area contributed by atoms with Crippen molar-refractivity contribution in [2.45, 2.75) is 41.5 Å². The molecule has 1 aliphatic carbocycles. The molecule has 2 heterocycles. The van der Waals surface area contributed by atoms with Gasteiger partial charge in [-0.2, -0.15) is 0 Å². The lowest BCUT2D eigenvalue weighted by molar-refractivity contribution is -0.300. The molecular formula is C36H35O4-. The minimum atomic E-state index is -0.250. The van der Waals surface area contributed by atoms with E-state index < -0.39 is 0 Å². The average molecular weight is 532 g/mol. The van der Waals surface area contributed by atoms with E-state index in [4.69, 9.17) is 9.47 Å². The van der Waals surface area contributed by atoms with E-state index in [0.29, 0.717) is 5.76 Å². The second-order valence-electron chi connectivity index (χ2n) is 12.4. The molecule has 0 aromatic heterocycles. The fourth-order valence-electron chi connectivity index (χ4n) is 4.64. The molecule has 0 saturated heterocycles. The highest BCUT2D eigenvalue weighted by atomic mass is 16.5. The van der Waals surface area contributed by atoms with E-state index in [2.05, 4.69) is 41.5 Å². The summed E-state index contributed by atoms with van der Waals surface area (Å²) in [6.45, 7) is 12.5. The van der Waals surface area contributed by atoms with Crippen LogP contribution in [0.15, 0.2) is 131 Å². The Morgan fingerprint density at radius 3 is 1.82 bits per heavy atom. The molecule has 5 rings (SSSR count). The lowest BCUT2D eigenvalue weighted by Gasteiger charge is -2.32. The molecule has 0 N–H and O–H groups in total. The third kappa shape index (κ3) is 5.67. The number of carbonyl (C=O) groups excluding carboxylic acids is 1. The summed E-state index contributed by atoms with van der Waals surface area (Å²) in [6, 6.07) is 19.7. The third-order valence-corrected chi connectivity index (χ3v) is 6.97. The summed E-state index contributed by atoms with van der Waals surface area (Å²) in [6.07, 6.45) is 11.2. The van der Waals surface area contributed by atoms with Crippen LogP contribution in [-0.4, -0.2) is 5.78 Å². The van der Waals surface area contributed by atoms with Crippen LogP contribution in [0.1, 0.15) is 52.7 Å². The van der Waals surface area contributed by atoms with Crippen molar-refractivity contribution in [3.63, 3.8) is 0 Å². The lowest BCUT2D eigenvalue weighted by atomic mass is 9.82. The number of ether oxygens (including phenoxy) is 2. The molecule has 2 aromatic carbocycles. The molecule has 40 heavy (non-hydrogen) atoms. The summed E-state index contributed by atoms with van der Waals surface area (Å²) >= 11 is 0. The van der Waals surface area contributed by atoms with Crippen LogP contribution >= 0.6 is 0 Å². The van der Waals surface area contributed by atoms with E-state index in [-0.39, 0.29) is 39.4 Å². The van der Waals surface area contributed by atoms with Gasteiger partial charge in [0, 0.05) is 39.0 Å². The summed E-state index contributed by atoms with van der Waals surface area (Å²) in [5.74, 6) is 2.28. The van der Waals surface area contributed by atoms with E-state index in [1.807, 2.05) is 85.0 Å². The molecule has 3 aliphatic rings. The van der Waals surface area contributed by atoms with Gasteiger partial charge in [-0.25, -0.2) is 0 Å². The smallest absolute Gasteiger partial charge is 0.191 e. The molecule has 204 valence electrons. The maximum absolute atomic E-state index is 13.3. The largest absolute Gasteiger partial charge is 0.871 e. The predicted molar refractivity (Wildman–Crippen MR) is 158 cm³/mol. The normalized spacial score (nSPS) is 21.6. The number of hydrogen-bond acceptors (Lipinski definition) is 4. The van der Waals surface area contributed by atoms with E-state index in [1.54, 1.807) is 12.2 Å². The topological polar surface area (TPSA) is 58.6 Å². The summed E-state index contributed by atoms with van der Waals surface area (Å²) < 4.78 is 12.5. The minimum Gasteiger partial charge on any atom is -0.871 e. The maximum Gasteiger partial charge on any atom is 0.191 e. The van der Waals surface area contributed by atoms with E-state index in [0.717, 1.165) is 34.0 Å². The van der Waals surface area contributed by atoms with Crippen molar-refractivity contribution in [3.8, 4) is 0 Å². The number of ketones is 1. The maximum atomic E-state index is 13.3. The SMILES string of the molecule is CC(C)(C)C1=C/C(=C/C2=C([O-])C(=CC3C=C(c4ccccc4)OC(C(C)(C)C)=C3)C2=O)C=C(c2ccccc2)O1. The number of rotatable bonds is 4. The third-order valence-electron chi connectivity index (χ3n) is 6.97. The Morgan fingerprint density at radius 2 is 1.27 bits per heavy atom. The van der Waals surface area contributed by atoms with Crippen LogP contribution in [0.3, 0.4) is 0 Å². The zero-order chi connectivity index (χ0) is 28.7. The highest BCUT2D eigenvalue weighted by Gasteiger charge is 2.30. The summed E-state index contributed by atoms with van der Waals surface area (Å²) in [5.41, 5.74) is 2.57. The number of hydrogen-bond donors (Lipinski definition) is 0. The van der Waals surface area contributed by atoms with E-state index >= 15 is 0 Å². The Labute approximate surface area is 237 Å². The molecule has 0 radical (unpaired) electrons. The van der Waals surface area contributed by atoms with Gasteiger partial charge >= 0.3 is 0 Å². The van der Waals surface area contributed by atoms with Crippen LogP contribution in [0, 0.1) is 16.7 Å². The molecule has 1 atom stereocenters. The lowest BCUT2D eigenvalue weighted by Crippen LogP contribution is -2.30. The van der Waals surface area contributed by atoms with Gasteiger partial charge in [0.15, 0.2) is 5.78 Å². The van der Waals surface area contributed by atoms with Crippen LogP contribution in [0.4, 0.5) is 0 Å². The molecule has 4 heteroatoms. The fourth-order valence-corrected chi connectivity index (χ4v) is 4.64. The van der Waals surface area contributed by atoms with Crippen LogP contribution in [0.2, 0.25) is 0 Å². The molecule has 0 spiro atoms. The Bertz CT molecular complexity index is 1540. The van der Waals surface area contributed by atoms with Gasteiger partial charge in [0.25, 0.3) is 0 Å². The average Bonchev–Trinajstić information content (AvgIpc) is 2.94. The van der Waals surface area contributed by atoms with Crippen molar-refractivity contribution in [2.75, 3.05) is 0 Å². The molecular weight excluding hydrogens is 496 g/mol. The zero-order valence-electron chi connectivity index (χ0n) is 23.9. The summed E-state index contributed by atoms with van der Waals surface area (Å²) in [5, 5.41) is 13.3. The van der Waals surface area contributed by atoms with Crippen LogP contribution < -0.4 is 5.11 Å². The van der Waals surface area contributed by atoms with Gasteiger partial charge in [-0.05, 0) is 36.0 Å². The van der Waals surface area contributed by atoms with Crippen molar-refractivity contribution >= 4 is 17.3 Å². The molecule has 0 saturated carbocycles. The van der Waals surface area contributed by atoms with Crippen molar-refractivity contribution in [3.05, 3.63) is 142 Å². The highest BCUT2D eigenvalue weighted by molar-refractivity contribution is 6.20. The minimum absolute atomic E-state index is 0.190. The quantitative estimate of drug-likeness (QED) is 0.380. The van der Waals surface area contributed by atoms with Crippen molar-refractivity contribution in [1.82, 2.24) is 0 Å². The van der Waals surface area contributed by atoms with E-state index in [9.17, 15) is 9.90 Å². The standard InChI is InChI=1S/C36H36O4/c1-35(2,3)31-21-23(19-29(39-31)25-13-9-7-10-14-25)17-27-33(37)28(34(27)38)18-24-20-30(26-15-11-8-12-16-26)40-32(22-24)36(4,5)6/h7-23,37H,1-6H3/p-1/b24-18+,27-17?. The summed E-state index contributed by atoms with van der Waals surface area (Å²) in [7, 11) is 0. The Morgan fingerprint density at radius 1 is 0.725 bits per heavy atom. The molecule has 0 bridgehead atoms.